The minimum Gasteiger partial charge on any atom is -0.394 e. The molecule has 0 aromatic heterocycles. The van der Waals surface area contributed by atoms with Gasteiger partial charge in [0.2, 0.25) is 0 Å². The van der Waals surface area contributed by atoms with Crippen LogP contribution >= 0.6 is 11.6 Å². The Balaban J connectivity index is 2.01. The van der Waals surface area contributed by atoms with Gasteiger partial charge in [0.1, 0.15) is 5.82 Å². The largest absolute Gasteiger partial charge is 0.394 e. The van der Waals surface area contributed by atoms with E-state index in [0.29, 0.717) is 10.6 Å². The third-order valence-corrected chi connectivity index (χ3v) is 6.84. The van der Waals surface area contributed by atoms with Crippen molar-refractivity contribution in [3.8, 4) is 0 Å². The second-order valence-corrected chi connectivity index (χ2v) is 8.22. The van der Waals surface area contributed by atoms with Crippen LogP contribution in [0.3, 0.4) is 0 Å². The number of hydrogen-bond acceptors (Lipinski definition) is 4. The Morgan fingerprint density at radius 3 is 2.22 bits per heavy atom. The highest BCUT2D eigenvalue weighted by Crippen LogP contribution is 2.55. The van der Waals surface area contributed by atoms with Gasteiger partial charge in [0.05, 0.1) is 22.3 Å². The van der Waals surface area contributed by atoms with E-state index in [0.717, 1.165) is 0 Å². The van der Waals surface area contributed by atoms with Gasteiger partial charge in [0.25, 0.3) is 0 Å². The molecule has 0 amide bonds. The van der Waals surface area contributed by atoms with Gasteiger partial charge in [0.15, 0.2) is 9.84 Å². The molecule has 1 aliphatic carbocycles. The second-order valence-electron chi connectivity index (χ2n) is 5.72. The maximum Gasteiger partial charge on any atom is 0.183 e. The van der Waals surface area contributed by atoms with Gasteiger partial charge in [-0.05, 0) is 42.0 Å². The Kier molecular flexibility index (Phi) is 3.96. The molecule has 0 unspecified atom stereocenters. The summed E-state index contributed by atoms with van der Waals surface area (Å²) in [7, 11) is -3.75. The zero-order valence-corrected chi connectivity index (χ0v) is 13.6. The fourth-order valence-corrected chi connectivity index (χ4v) is 5.43. The molecule has 1 saturated carbocycles. The third-order valence-electron chi connectivity index (χ3n) is 4.28. The summed E-state index contributed by atoms with van der Waals surface area (Å²) in [6.45, 7) is -0.480. The fourth-order valence-electron chi connectivity index (χ4n) is 3.01. The number of halogens is 2. The molecular formula is C16H15ClFNO3S. The summed E-state index contributed by atoms with van der Waals surface area (Å²) < 4.78 is 38.7. The normalized spacial score (nSPS) is 27.0. The minimum atomic E-state index is -3.75. The van der Waals surface area contributed by atoms with E-state index in [4.69, 9.17) is 17.3 Å². The van der Waals surface area contributed by atoms with Crippen molar-refractivity contribution >= 4 is 21.4 Å². The molecule has 122 valence electrons. The standard InChI is InChI=1S/C16H15ClFNO3S/c17-11-3-7-13(8-4-11)23(21,22)15-14(16(15,19)9-20)10-1-5-12(18)6-2-10/h1-8,14-15,20H,9,19H2/t14-,15-,16+/m0/s1. The maximum atomic E-state index is 13.1. The Labute approximate surface area is 138 Å². The number of sulfone groups is 1. The number of aliphatic hydroxyl groups excluding tert-OH is 1. The van der Waals surface area contributed by atoms with Crippen LogP contribution in [0.2, 0.25) is 5.02 Å². The van der Waals surface area contributed by atoms with Gasteiger partial charge in [-0.1, -0.05) is 23.7 Å². The van der Waals surface area contributed by atoms with Crippen LogP contribution in [0.15, 0.2) is 53.4 Å². The lowest BCUT2D eigenvalue weighted by Gasteiger charge is -2.08. The van der Waals surface area contributed by atoms with Crippen LogP contribution in [0.5, 0.6) is 0 Å². The Morgan fingerprint density at radius 1 is 1.13 bits per heavy atom. The predicted molar refractivity (Wildman–Crippen MR) is 85.6 cm³/mol. The van der Waals surface area contributed by atoms with E-state index >= 15 is 0 Å². The summed E-state index contributed by atoms with van der Waals surface area (Å²) >= 11 is 5.78. The van der Waals surface area contributed by atoms with E-state index < -0.39 is 39.0 Å². The Morgan fingerprint density at radius 2 is 1.70 bits per heavy atom. The van der Waals surface area contributed by atoms with Gasteiger partial charge in [-0.3, -0.25) is 0 Å². The first-order chi connectivity index (χ1) is 10.8. The zero-order valence-electron chi connectivity index (χ0n) is 12.0. The average molecular weight is 356 g/mol. The summed E-state index contributed by atoms with van der Waals surface area (Å²) in [5, 5.41) is 9.05. The second kappa shape index (κ2) is 5.56. The predicted octanol–water partition coefficient (Wildman–Crippen LogP) is 2.11. The van der Waals surface area contributed by atoms with Crippen molar-refractivity contribution in [2.75, 3.05) is 6.61 Å². The average Bonchev–Trinajstić information content (AvgIpc) is 3.16. The first-order valence-corrected chi connectivity index (χ1v) is 8.88. The number of benzene rings is 2. The zero-order chi connectivity index (χ0) is 16.8. The lowest BCUT2D eigenvalue weighted by Crippen LogP contribution is -2.35. The molecule has 0 heterocycles. The summed E-state index contributed by atoms with van der Waals surface area (Å²) in [5.74, 6) is -1.01. The first kappa shape index (κ1) is 16.4. The van der Waals surface area contributed by atoms with Gasteiger partial charge in [-0.15, -0.1) is 0 Å². The van der Waals surface area contributed by atoms with Crippen LogP contribution in [-0.4, -0.2) is 30.9 Å². The monoisotopic (exact) mass is 355 g/mol. The molecule has 0 spiro atoms. The van der Waals surface area contributed by atoms with Crippen molar-refractivity contribution in [1.29, 1.82) is 0 Å². The lowest BCUT2D eigenvalue weighted by molar-refractivity contribution is 0.253. The van der Waals surface area contributed by atoms with E-state index in [1.807, 2.05) is 0 Å². The highest BCUT2D eigenvalue weighted by Gasteiger charge is 2.69. The van der Waals surface area contributed by atoms with Crippen LogP contribution in [0.25, 0.3) is 0 Å². The molecule has 1 aliphatic rings. The van der Waals surface area contributed by atoms with E-state index in [2.05, 4.69) is 0 Å². The van der Waals surface area contributed by atoms with Crippen molar-refractivity contribution in [2.24, 2.45) is 5.73 Å². The van der Waals surface area contributed by atoms with Crippen LogP contribution in [-0.2, 0) is 9.84 Å². The van der Waals surface area contributed by atoms with Crippen molar-refractivity contribution < 1.29 is 17.9 Å². The maximum absolute atomic E-state index is 13.1. The van der Waals surface area contributed by atoms with Crippen LogP contribution < -0.4 is 5.73 Å². The lowest BCUT2D eigenvalue weighted by atomic mass is 10.1. The number of aliphatic hydroxyl groups is 1. The molecule has 2 aromatic rings. The SMILES string of the molecule is N[C@]1(CO)[C@@H](c2ccc(F)cc2)[C@@H]1S(=O)(=O)c1ccc(Cl)cc1. The van der Waals surface area contributed by atoms with Crippen molar-refractivity contribution in [3.05, 3.63) is 64.9 Å². The van der Waals surface area contributed by atoms with Crippen LogP contribution in [0.1, 0.15) is 11.5 Å². The molecular weight excluding hydrogens is 341 g/mol. The minimum absolute atomic E-state index is 0.0970. The van der Waals surface area contributed by atoms with E-state index in [-0.39, 0.29) is 4.90 Å². The molecule has 3 rings (SSSR count). The molecule has 2 aromatic carbocycles. The number of hydrogen-bond donors (Lipinski definition) is 2. The molecule has 0 saturated heterocycles. The first-order valence-electron chi connectivity index (χ1n) is 6.95. The number of nitrogens with two attached hydrogens (primary N) is 1. The summed E-state index contributed by atoms with van der Waals surface area (Å²) in [6, 6.07) is 11.3. The van der Waals surface area contributed by atoms with Gasteiger partial charge in [0, 0.05) is 10.9 Å². The molecule has 0 bridgehead atoms. The summed E-state index contributed by atoms with van der Waals surface area (Å²) in [5.41, 5.74) is 5.42. The van der Waals surface area contributed by atoms with Crippen molar-refractivity contribution in [1.82, 2.24) is 0 Å². The summed E-state index contributed by atoms with van der Waals surface area (Å²) in [6.07, 6.45) is 0. The van der Waals surface area contributed by atoms with Crippen molar-refractivity contribution in [3.63, 3.8) is 0 Å². The Bertz CT molecular complexity index is 823. The summed E-state index contributed by atoms with van der Waals surface area (Å²) in [4.78, 5) is 0.0970. The van der Waals surface area contributed by atoms with Gasteiger partial charge < -0.3 is 10.8 Å². The molecule has 0 radical (unpaired) electrons. The van der Waals surface area contributed by atoms with Crippen LogP contribution in [0.4, 0.5) is 4.39 Å². The topological polar surface area (TPSA) is 80.4 Å². The fraction of sp³-hybridized carbons (Fsp3) is 0.250. The molecule has 7 heteroatoms. The highest BCUT2D eigenvalue weighted by atomic mass is 35.5. The molecule has 23 heavy (non-hydrogen) atoms. The molecule has 3 N–H and O–H groups in total. The van der Waals surface area contributed by atoms with E-state index in [1.54, 1.807) is 0 Å². The quantitative estimate of drug-likeness (QED) is 0.880. The van der Waals surface area contributed by atoms with E-state index in [9.17, 15) is 17.9 Å². The van der Waals surface area contributed by atoms with Crippen molar-refractivity contribution in [2.45, 2.75) is 21.6 Å². The third kappa shape index (κ3) is 2.65. The molecule has 1 fully saturated rings. The van der Waals surface area contributed by atoms with Gasteiger partial charge >= 0.3 is 0 Å². The Hall–Kier alpha value is -1.47. The van der Waals surface area contributed by atoms with Gasteiger partial charge in [-0.25, -0.2) is 12.8 Å². The van der Waals surface area contributed by atoms with Crippen LogP contribution in [0, 0.1) is 5.82 Å². The molecule has 0 aliphatic heterocycles. The van der Waals surface area contributed by atoms with Gasteiger partial charge in [-0.2, -0.15) is 0 Å². The van der Waals surface area contributed by atoms with E-state index in [1.165, 1.54) is 48.5 Å². The smallest absolute Gasteiger partial charge is 0.183 e. The highest BCUT2D eigenvalue weighted by molar-refractivity contribution is 7.92. The number of rotatable bonds is 4. The molecule has 4 nitrogen and oxygen atoms in total. The molecule has 3 atom stereocenters.